The van der Waals surface area contributed by atoms with Crippen LogP contribution in [0.2, 0.25) is 0 Å². The Labute approximate surface area is 121 Å². The van der Waals surface area contributed by atoms with Gasteiger partial charge < -0.3 is 0 Å². The zero-order valence-corrected chi connectivity index (χ0v) is 14.9. The van der Waals surface area contributed by atoms with Crippen molar-refractivity contribution in [3.8, 4) is 5.75 Å². The van der Waals surface area contributed by atoms with E-state index in [0.29, 0.717) is 0 Å². The minimum absolute atomic E-state index is 0.126. The number of benzene rings is 1. The van der Waals surface area contributed by atoms with E-state index in [2.05, 4.69) is 39.6 Å². The number of ether oxygens (including phenoxy) is 1. The second-order valence-corrected chi connectivity index (χ2v) is 6.90. The number of aliphatic imine (C=N–C) groups is 1. The van der Waals surface area contributed by atoms with E-state index < -0.39 is 0 Å². The van der Waals surface area contributed by atoms with Crippen LogP contribution in [-0.2, 0) is 19.4 Å². The molecule has 98 valence electrons. The van der Waals surface area contributed by atoms with Crippen molar-refractivity contribution < 1.29 is 24.1 Å². The van der Waals surface area contributed by atoms with E-state index in [9.17, 15) is 0 Å². The van der Waals surface area contributed by atoms with Gasteiger partial charge in [0.05, 0.1) is 0 Å². The SMILES string of the molecule is [CH-]=Nc1cc(OC)c(C)c(C)c1[C](=[W])C(C)(C)C. The molecule has 0 heterocycles. The van der Waals surface area contributed by atoms with Crippen molar-refractivity contribution in [3.05, 3.63) is 22.8 Å². The number of hydrogen-bond donors (Lipinski definition) is 0. The van der Waals surface area contributed by atoms with Crippen molar-refractivity contribution in [3.63, 3.8) is 0 Å². The average Bonchev–Trinajstić information content (AvgIpc) is 2.30. The zero-order valence-electron chi connectivity index (χ0n) is 11.9. The summed E-state index contributed by atoms with van der Waals surface area (Å²) in [6.07, 6.45) is 0. The molecule has 0 aliphatic rings. The Hall–Kier alpha value is -0.752. The Morgan fingerprint density at radius 3 is 2.22 bits per heavy atom. The van der Waals surface area contributed by atoms with E-state index in [1.807, 2.05) is 6.07 Å². The van der Waals surface area contributed by atoms with Gasteiger partial charge in [-0.15, -0.1) is 0 Å². The van der Waals surface area contributed by atoms with Crippen molar-refractivity contribution in [2.75, 3.05) is 7.11 Å². The van der Waals surface area contributed by atoms with Gasteiger partial charge in [-0.3, -0.25) is 0 Å². The second-order valence-electron chi connectivity index (χ2n) is 5.43. The van der Waals surface area contributed by atoms with Crippen LogP contribution in [0.1, 0.15) is 37.5 Å². The van der Waals surface area contributed by atoms with Gasteiger partial charge in [0.15, 0.2) is 0 Å². The van der Waals surface area contributed by atoms with Crippen LogP contribution in [0.15, 0.2) is 11.1 Å². The van der Waals surface area contributed by atoms with Crippen molar-refractivity contribution in [2.45, 2.75) is 34.6 Å². The Morgan fingerprint density at radius 1 is 1.28 bits per heavy atom. The van der Waals surface area contributed by atoms with Crippen LogP contribution in [0.5, 0.6) is 5.75 Å². The fourth-order valence-corrected chi connectivity index (χ4v) is 2.77. The molecule has 1 rings (SSSR count). The van der Waals surface area contributed by atoms with Gasteiger partial charge in [0.2, 0.25) is 0 Å². The Kier molecular flexibility index (Phi) is 4.66. The molecule has 0 aliphatic carbocycles. The van der Waals surface area contributed by atoms with Crippen molar-refractivity contribution in [1.29, 1.82) is 0 Å². The van der Waals surface area contributed by atoms with Gasteiger partial charge in [0.1, 0.15) is 0 Å². The molecule has 1 aromatic rings. The maximum absolute atomic E-state index is 5.54. The molecule has 0 atom stereocenters. The molecule has 0 amide bonds. The Morgan fingerprint density at radius 2 is 1.83 bits per heavy atom. The molecule has 0 N–H and O–H groups in total. The van der Waals surface area contributed by atoms with Crippen LogP contribution in [0.4, 0.5) is 5.69 Å². The van der Waals surface area contributed by atoms with Gasteiger partial charge in [0.25, 0.3) is 0 Å². The summed E-state index contributed by atoms with van der Waals surface area (Å²) in [5, 5.41) is 0. The third kappa shape index (κ3) is 2.80. The second kappa shape index (κ2) is 5.48. The van der Waals surface area contributed by atoms with Crippen LogP contribution >= 0.6 is 0 Å². The number of hydrogen-bond acceptors (Lipinski definition) is 2. The predicted octanol–water partition coefficient (Wildman–Crippen LogP) is 3.63. The maximum atomic E-state index is 5.54. The van der Waals surface area contributed by atoms with E-state index in [1.54, 1.807) is 7.11 Å². The molecule has 0 saturated heterocycles. The van der Waals surface area contributed by atoms with E-state index in [1.165, 1.54) is 34.4 Å². The number of nitrogens with zero attached hydrogens (tertiary/aromatic N) is 1. The van der Waals surface area contributed by atoms with Crippen LogP contribution in [-0.4, -0.2) is 17.7 Å². The molecular formula is C15H20NOW-. The normalized spacial score (nSPS) is 11.2. The summed E-state index contributed by atoms with van der Waals surface area (Å²) in [4.78, 5) is 3.93. The molecule has 0 fully saturated rings. The standard InChI is InChI=1S/C15H20NO.W/c1-10-11(2)14(17-7)8-13(16-6)12(10)9-15(3,4)5;/h6,8H,1-5,7H3;/q-1;. The van der Waals surface area contributed by atoms with Gasteiger partial charge in [-0.2, -0.15) is 0 Å². The van der Waals surface area contributed by atoms with E-state index >= 15 is 0 Å². The van der Waals surface area contributed by atoms with Crippen LogP contribution < -0.4 is 4.74 Å². The zero-order chi connectivity index (χ0) is 14.1. The van der Waals surface area contributed by atoms with Gasteiger partial charge >= 0.3 is 121 Å². The van der Waals surface area contributed by atoms with E-state index in [0.717, 1.165) is 17.0 Å². The fraction of sp³-hybridized carbons (Fsp3) is 0.467. The third-order valence-electron chi connectivity index (χ3n) is 3.10. The first-order chi connectivity index (χ1) is 8.23. The van der Waals surface area contributed by atoms with Crippen LogP contribution in [0, 0.1) is 19.3 Å². The third-order valence-corrected chi connectivity index (χ3v) is 6.03. The molecule has 1 aromatic carbocycles. The molecule has 2 nitrogen and oxygen atoms in total. The Bertz CT molecular complexity index is 498. The summed E-state index contributed by atoms with van der Waals surface area (Å²) >= 11 is 1.45. The first-order valence-electron chi connectivity index (χ1n) is 5.88. The molecule has 0 spiro atoms. The van der Waals surface area contributed by atoms with Crippen LogP contribution in [0.3, 0.4) is 0 Å². The molecule has 3 heteroatoms. The van der Waals surface area contributed by atoms with Gasteiger partial charge in [-0.05, 0) is 0 Å². The molecule has 0 bridgehead atoms. The van der Waals surface area contributed by atoms with Crippen LogP contribution in [0.25, 0.3) is 0 Å². The topological polar surface area (TPSA) is 21.6 Å². The summed E-state index contributed by atoms with van der Waals surface area (Å²) in [6.45, 7) is 16.4. The van der Waals surface area contributed by atoms with Crippen molar-refractivity contribution in [1.82, 2.24) is 0 Å². The molecule has 0 unspecified atom stereocenters. The van der Waals surface area contributed by atoms with Gasteiger partial charge in [-0.25, -0.2) is 0 Å². The van der Waals surface area contributed by atoms with Gasteiger partial charge in [-0.1, -0.05) is 0 Å². The quantitative estimate of drug-likeness (QED) is 0.547. The number of methoxy groups -OCH3 is 1. The van der Waals surface area contributed by atoms with E-state index in [-0.39, 0.29) is 5.41 Å². The first-order valence-corrected chi connectivity index (χ1v) is 7.34. The summed E-state index contributed by atoms with van der Waals surface area (Å²) in [7, 11) is 1.67. The molecule has 0 aromatic heterocycles. The monoisotopic (exact) mass is 414 g/mol. The molecule has 0 saturated carbocycles. The van der Waals surface area contributed by atoms with Gasteiger partial charge in [0, 0.05) is 0 Å². The number of rotatable bonds is 3. The molecular weight excluding hydrogens is 394 g/mol. The summed E-state index contributed by atoms with van der Waals surface area (Å²) in [5.74, 6) is 0.845. The van der Waals surface area contributed by atoms with E-state index in [4.69, 9.17) is 11.5 Å². The molecule has 0 aliphatic heterocycles. The Balaban J connectivity index is 3.58. The summed E-state index contributed by atoms with van der Waals surface area (Å²) in [5.41, 5.74) is 4.48. The van der Waals surface area contributed by atoms with Crippen molar-refractivity contribution in [2.24, 2.45) is 10.4 Å². The fourth-order valence-electron chi connectivity index (χ4n) is 1.84. The molecule has 18 heavy (non-hydrogen) atoms. The average molecular weight is 414 g/mol. The minimum atomic E-state index is 0.126. The summed E-state index contributed by atoms with van der Waals surface area (Å²) in [6, 6.07) is 1.92. The van der Waals surface area contributed by atoms with Crippen molar-refractivity contribution >= 4 is 16.3 Å². The molecule has 0 radical (unpaired) electrons. The first kappa shape index (κ1) is 15.3. The predicted molar refractivity (Wildman–Crippen MR) is 74.2 cm³/mol. The summed E-state index contributed by atoms with van der Waals surface area (Å²) < 4.78 is 6.74.